The molecule has 0 aliphatic rings. The fourth-order valence-corrected chi connectivity index (χ4v) is 4.60. The van der Waals surface area contributed by atoms with Gasteiger partial charge in [0, 0.05) is 37.8 Å². The first kappa shape index (κ1) is 36.9. The number of hydrogen-bond acceptors (Lipinski definition) is 4. The van der Waals surface area contributed by atoms with Gasteiger partial charge in [0.2, 0.25) is 11.8 Å². The number of hydrogen-bond donors (Lipinski definition) is 2. The van der Waals surface area contributed by atoms with E-state index in [0.29, 0.717) is 12.1 Å². The topological polar surface area (TPSA) is 92.3 Å². The van der Waals surface area contributed by atoms with Crippen molar-refractivity contribution < 1.29 is 19.2 Å². The number of amides is 2. The van der Waals surface area contributed by atoms with E-state index in [1.807, 2.05) is 12.1 Å². The SMILES string of the molecule is CC(C)(C)c1cc(CNC(=O)CCC(=O)CNC(=O)CCC(=O)c2cc(C(C)(C)C)cc(C(C)(C)C)c2)cc(C(C)(C)C)c1. The predicted molar refractivity (Wildman–Crippen MR) is 180 cm³/mol. The number of ketones is 2. The van der Waals surface area contributed by atoms with E-state index in [9.17, 15) is 19.2 Å². The Balaban J connectivity index is 1.85. The largest absolute Gasteiger partial charge is 0.352 e. The third-order valence-corrected chi connectivity index (χ3v) is 7.89. The molecule has 0 unspecified atom stereocenters. The van der Waals surface area contributed by atoms with Crippen LogP contribution >= 0.6 is 0 Å². The van der Waals surface area contributed by atoms with Gasteiger partial charge in [-0.2, -0.15) is 0 Å². The van der Waals surface area contributed by atoms with Crippen LogP contribution in [0.2, 0.25) is 0 Å². The fraction of sp³-hybridized carbons (Fsp3) is 0.579. The van der Waals surface area contributed by atoms with Gasteiger partial charge in [-0.3, -0.25) is 19.2 Å². The lowest BCUT2D eigenvalue weighted by Gasteiger charge is -2.26. The van der Waals surface area contributed by atoms with Gasteiger partial charge in [-0.1, -0.05) is 107 Å². The monoisotopic (exact) mass is 604 g/mol. The van der Waals surface area contributed by atoms with E-state index in [4.69, 9.17) is 0 Å². The molecule has 0 aromatic heterocycles. The van der Waals surface area contributed by atoms with Gasteiger partial charge in [0.05, 0.1) is 6.54 Å². The Hall–Kier alpha value is -3.28. The van der Waals surface area contributed by atoms with Crippen molar-refractivity contribution in [2.45, 2.75) is 137 Å². The zero-order valence-corrected chi connectivity index (χ0v) is 29.3. The molecule has 0 heterocycles. The average Bonchev–Trinajstić information content (AvgIpc) is 2.90. The van der Waals surface area contributed by atoms with Gasteiger partial charge in [0.15, 0.2) is 11.6 Å². The molecule has 0 radical (unpaired) electrons. The van der Waals surface area contributed by atoms with Gasteiger partial charge >= 0.3 is 0 Å². The fourth-order valence-electron chi connectivity index (χ4n) is 4.60. The summed E-state index contributed by atoms with van der Waals surface area (Å²) in [5.41, 5.74) is 5.98. The molecule has 2 rings (SSSR count). The zero-order valence-electron chi connectivity index (χ0n) is 29.3. The summed E-state index contributed by atoms with van der Waals surface area (Å²) in [5, 5.41) is 5.55. The highest BCUT2D eigenvalue weighted by atomic mass is 16.2. The summed E-state index contributed by atoms with van der Waals surface area (Å²) in [4.78, 5) is 50.4. The van der Waals surface area contributed by atoms with Gasteiger partial charge in [-0.25, -0.2) is 0 Å². The highest BCUT2D eigenvalue weighted by Crippen LogP contribution is 2.32. The Morgan fingerprint density at radius 1 is 0.500 bits per heavy atom. The molecule has 6 heteroatoms. The molecular formula is C38H56N2O4. The second-order valence-corrected chi connectivity index (χ2v) is 16.2. The second kappa shape index (κ2) is 14.2. The second-order valence-electron chi connectivity index (χ2n) is 16.2. The van der Waals surface area contributed by atoms with Crippen LogP contribution < -0.4 is 10.6 Å². The van der Waals surface area contributed by atoms with Crippen molar-refractivity contribution in [1.82, 2.24) is 10.6 Å². The van der Waals surface area contributed by atoms with Crippen molar-refractivity contribution in [2.75, 3.05) is 6.54 Å². The smallest absolute Gasteiger partial charge is 0.220 e. The molecular weight excluding hydrogens is 548 g/mol. The molecule has 0 saturated carbocycles. The number of nitrogens with one attached hydrogen (secondary N) is 2. The van der Waals surface area contributed by atoms with E-state index in [-0.39, 0.29) is 77.3 Å². The lowest BCUT2D eigenvalue weighted by Crippen LogP contribution is -2.31. The Kier molecular flexibility index (Phi) is 11.9. The standard InChI is InChI=1S/C38H56N2O4/c1-35(2,3)27-17-25(18-28(21-27)36(4,5)6)23-39-33(43)15-13-31(41)24-40-34(44)16-14-32(42)26-19-29(37(7,8)9)22-30(20-26)38(10,11)12/h17-22H,13-16,23-24H2,1-12H3,(H,39,43)(H,40,44). The van der Waals surface area contributed by atoms with Crippen LogP contribution in [0.3, 0.4) is 0 Å². The molecule has 6 nitrogen and oxygen atoms in total. The molecule has 2 aromatic carbocycles. The van der Waals surface area contributed by atoms with E-state index in [1.165, 1.54) is 11.1 Å². The molecule has 0 bridgehead atoms. The summed E-state index contributed by atoms with van der Waals surface area (Å²) in [6, 6.07) is 12.5. The molecule has 44 heavy (non-hydrogen) atoms. The van der Waals surface area contributed by atoms with E-state index >= 15 is 0 Å². The van der Waals surface area contributed by atoms with Gasteiger partial charge in [-0.05, 0) is 61.6 Å². The average molecular weight is 605 g/mol. The van der Waals surface area contributed by atoms with Gasteiger partial charge in [0.1, 0.15) is 0 Å². The highest BCUT2D eigenvalue weighted by molar-refractivity contribution is 5.98. The summed E-state index contributed by atoms with van der Waals surface area (Å²) in [6.07, 6.45) is 0.155. The summed E-state index contributed by atoms with van der Waals surface area (Å²) in [7, 11) is 0. The van der Waals surface area contributed by atoms with Crippen LogP contribution in [-0.4, -0.2) is 29.9 Å². The summed E-state index contributed by atoms with van der Waals surface area (Å²) in [5.74, 6) is -0.881. The first-order valence-electron chi connectivity index (χ1n) is 15.9. The minimum atomic E-state index is -0.354. The van der Waals surface area contributed by atoms with Gasteiger partial charge in [-0.15, -0.1) is 0 Å². The Morgan fingerprint density at radius 2 is 0.886 bits per heavy atom. The van der Waals surface area contributed by atoms with Gasteiger partial charge in [0.25, 0.3) is 0 Å². The van der Waals surface area contributed by atoms with Crippen LogP contribution in [0.5, 0.6) is 0 Å². The third-order valence-electron chi connectivity index (χ3n) is 7.89. The van der Waals surface area contributed by atoms with Crippen LogP contribution in [0.25, 0.3) is 0 Å². The van der Waals surface area contributed by atoms with Crippen LogP contribution in [0.4, 0.5) is 0 Å². The maximum atomic E-state index is 13.0. The van der Waals surface area contributed by atoms with Crippen LogP contribution in [0.15, 0.2) is 36.4 Å². The molecule has 2 N–H and O–H groups in total. The van der Waals surface area contributed by atoms with E-state index in [1.54, 1.807) is 0 Å². The number of carbonyl (C=O) groups is 4. The summed E-state index contributed by atoms with van der Waals surface area (Å²) in [6.45, 7) is 26.0. The molecule has 0 aliphatic heterocycles. The summed E-state index contributed by atoms with van der Waals surface area (Å²) < 4.78 is 0. The van der Waals surface area contributed by atoms with Gasteiger partial charge < -0.3 is 10.6 Å². The highest BCUT2D eigenvalue weighted by Gasteiger charge is 2.23. The Morgan fingerprint density at radius 3 is 1.32 bits per heavy atom. The predicted octanol–water partition coefficient (Wildman–Crippen LogP) is 7.62. The van der Waals surface area contributed by atoms with Crippen molar-refractivity contribution in [2.24, 2.45) is 0 Å². The maximum absolute atomic E-state index is 13.0. The third kappa shape index (κ3) is 11.7. The molecule has 0 aliphatic carbocycles. The van der Waals surface area contributed by atoms with E-state index in [2.05, 4.69) is 118 Å². The molecule has 2 aromatic rings. The first-order valence-corrected chi connectivity index (χ1v) is 15.9. The van der Waals surface area contributed by atoms with Crippen molar-refractivity contribution in [3.05, 3.63) is 69.8 Å². The minimum Gasteiger partial charge on any atom is -0.352 e. The lowest BCUT2D eigenvalue weighted by molar-refractivity contribution is -0.126. The van der Waals surface area contributed by atoms with E-state index < -0.39 is 0 Å². The maximum Gasteiger partial charge on any atom is 0.220 e. The molecule has 242 valence electrons. The van der Waals surface area contributed by atoms with Crippen molar-refractivity contribution in [3.8, 4) is 0 Å². The normalized spacial score (nSPS) is 12.5. The minimum absolute atomic E-state index is 0.00137. The molecule has 0 saturated heterocycles. The van der Waals surface area contributed by atoms with Crippen LogP contribution in [0.1, 0.15) is 147 Å². The number of rotatable bonds is 11. The Bertz CT molecular complexity index is 1290. The number of carbonyl (C=O) groups excluding carboxylic acids is 4. The molecule has 0 atom stereocenters. The number of Topliss-reactive ketones (excluding diaryl/α,β-unsaturated/α-hetero) is 2. The number of benzene rings is 2. The quantitative estimate of drug-likeness (QED) is 0.258. The van der Waals surface area contributed by atoms with Crippen molar-refractivity contribution in [1.29, 1.82) is 0 Å². The van der Waals surface area contributed by atoms with Crippen molar-refractivity contribution >= 4 is 23.4 Å². The van der Waals surface area contributed by atoms with Crippen molar-refractivity contribution in [3.63, 3.8) is 0 Å². The zero-order chi connectivity index (χ0) is 33.7. The van der Waals surface area contributed by atoms with E-state index in [0.717, 1.165) is 16.7 Å². The Labute approximate surface area is 266 Å². The lowest BCUT2D eigenvalue weighted by atomic mass is 9.79. The van der Waals surface area contributed by atoms with Crippen LogP contribution in [-0.2, 0) is 42.6 Å². The summed E-state index contributed by atoms with van der Waals surface area (Å²) >= 11 is 0. The van der Waals surface area contributed by atoms with Crippen LogP contribution in [0, 0.1) is 0 Å². The first-order chi connectivity index (χ1) is 20.0. The molecule has 0 spiro atoms. The molecule has 2 amide bonds. The molecule has 0 fully saturated rings.